The maximum absolute atomic E-state index is 10.9. The van der Waals surface area contributed by atoms with Gasteiger partial charge in [-0.15, -0.1) is 0 Å². The van der Waals surface area contributed by atoms with Crippen LogP contribution in [-0.2, 0) is 4.79 Å². The van der Waals surface area contributed by atoms with Crippen molar-refractivity contribution in [3.8, 4) is 0 Å². The molecule has 0 aromatic rings. The van der Waals surface area contributed by atoms with Gasteiger partial charge in [0.1, 0.15) is 0 Å². The summed E-state index contributed by atoms with van der Waals surface area (Å²) >= 11 is 0. The lowest BCUT2D eigenvalue weighted by Gasteiger charge is -2.58. The number of carbonyl (C=O) groups is 1. The van der Waals surface area contributed by atoms with E-state index in [-0.39, 0.29) is 6.10 Å². The van der Waals surface area contributed by atoms with Crippen LogP contribution in [0.25, 0.3) is 0 Å². The first-order valence-electron chi connectivity index (χ1n) is 14.5. The number of likely N-dealkylation sites (tertiary alicyclic amines) is 1. The summed E-state index contributed by atoms with van der Waals surface area (Å²) in [5, 5.41) is 19.3. The van der Waals surface area contributed by atoms with Crippen molar-refractivity contribution in [1.29, 1.82) is 0 Å². The van der Waals surface area contributed by atoms with Crippen LogP contribution in [0, 0.1) is 46.3 Å². The molecular formula is C30H49NO3. The van der Waals surface area contributed by atoms with Crippen LogP contribution < -0.4 is 0 Å². The minimum atomic E-state index is -0.644. The molecule has 3 saturated carbocycles. The standard InChI is InChI=1S/C30H49NO3/c1-20(19-31-16-12-21(13-17-31)4-9-28(33)34)25-7-8-26-24-6-5-22-18-23(32)10-14-29(22,2)27(24)11-15-30(25,26)3/h5,20-21,23-27,32H,4,6-19H2,1-3H3,(H,33,34)/t20-,23+,24+,25-,26+,27+,29+,30-/m1/s1. The van der Waals surface area contributed by atoms with Crippen molar-refractivity contribution in [2.24, 2.45) is 46.3 Å². The molecule has 1 saturated heterocycles. The van der Waals surface area contributed by atoms with Crippen LogP contribution in [0.2, 0.25) is 0 Å². The fourth-order valence-corrected chi connectivity index (χ4v) is 9.94. The first-order chi connectivity index (χ1) is 16.2. The van der Waals surface area contributed by atoms with E-state index in [4.69, 9.17) is 5.11 Å². The van der Waals surface area contributed by atoms with Crippen LogP contribution in [0.1, 0.15) is 97.8 Å². The second-order valence-electron chi connectivity index (χ2n) is 13.5. The third kappa shape index (κ3) is 4.40. The smallest absolute Gasteiger partial charge is 0.303 e. The largest absolute Gasteiger partial charge is 0.481 e. The first-order valence-corrected chi connectivity index (χ1v) is 14.5. The molecule has 0 amide bonds. The monoisotopic (exact) mass is 471 g/mol. The van der Waals surface area contributed by atoms with Gasteiger partial charge in [0.05, 0.1) is 6.10 Å². The van der Waals surface area contributed by atoms with Gasteiger partial charge in [-0.3, -0.25) is 4.79 Å². The van der Waals surface area contributed by atoms with Crippen LogP contribution >= 0.6 is 0 Å². The number of rotatable bonds is 6. The van der Waals surface area contributed by atoms with Gasteiger partial charge in [-0.1, -0.05) is 32.4 Å². The van der Waals surface area contributed by atoms with E-state index < -0.39 is 5.97 Å². The summed E-state index contributed by atoms with van der Waals surface area (Å²) in [5.74, 6) is 4.11. The van der Waals surface area contributed by atoms with Crippen LogP contribution in [0.5, 0.6) is 0 Å². The molecule has 2 N–H and O–H groups in total. The number of carboxylic acids is 1. The molecule has 0 radical (unpaired) electrons. The molecule has 0 spiro atoms. The lowest BCUT2D eigenvalue weighted by atomic mass is 9.47. The maximum atomic E-state index is 10.9. The number of aliphatic hydroxyl groups is 1. The topological polar surface area (TPSA) is 60.8 Å². The molecule has 5 rings (SSSR count). The van der Waals surface area contributed by atoms with Gasteiger partial charge < -0.3 is 15.1 Å². The van der Waals surface area contributed by atoms with E-state index in [0.29, 0.717) is 23.2 Å². The Morgan fingerprint density at radius 2 is 1.85 bits per heavy atom. The molecular weight excluding hydrogens is 422 g/mol. The van der Waals surface area contributed by atoms with Gasteiger partial charge in [0.25, 0.3) is 0 Å². The number of piperidine rings is 1. The van der Waals surface area contributed by atoms with Crippen molar-refractivity contribution in [3.05, 3.63) is 11.6 Å². The summed E-state index contributed by atoms with van der Waals surface area (Å²) in [6.07, 6.45) is 16.0. The second-order valence-corrected chi connectivity index (χ2v) is 13.5. The lowest BCUT2D eigenvalue weighted by molar-refractivity contribution is -0.137. The molecule has 0 bridgehead atoms. The minimum Gasteiger partial charge on any atom is -0.481 e. The molecule has 8 atom stereocenters. The predicted octanol–water partition coefficient (Wildman–Crippen LogP) is 6.14. The van der Waals surface area contributed by atoms with Gasteiger partial charge in [0.15, 0.2) is 0 Å². The Morgan fingerprint density at radius 3 is 2.59 bits per heavy atom. The van der Waals surface area contributed by atoms with Crippen LogP contribution in [0.4, 0.5) is 0 Å². The van der Waals surface area contributed by atoms with E-state index in [1.807, 2.05) is 0 Å². The number of allylic oxidation sites excluding steroid dienone is 1. The zero-order valence-electron chi connectivity index (χ0n) is 22.0. The van der Waals surface area contributed by atoms with Crippen LogP contribution in [0.15, 0.2) is 11.6 Å². The molecule has 0 aromatic carbocycles. The maximum Gasteiger partial charge on any atom is 0.303 e. The molecule has 192 valence electrons. The highest BCUT2D eigenvalue weighted by Gasteiger charge is 2.59. The Kier molecular flexibility index (Phi) is 6.96. The summed E-state index contributed by atoms with van der Waals surface area (Å²) < 4.78 is 0. The second kappa shape index (κ2) is 9.54. The van der Waals surface area contributed by atoms with Crippen molar-refractivity contribution >= 4 is 5.97 Å². The van der Waals surface area contributed by atoms with Crippen molar-refractivity contribution in [2.75, 3.05) is 19.6 Å². The van der Waals surface area contributed by atoms with Crippen molar-refractivity contribution in [2.45, 2.75) is 104 Å². The van der Waals surface area contributed by atoms with E-state index in [2.05, 4.69) is 31.7 Å². The Hall–Kier alpha value is -0.870. The van der Waals surface area contributed by atoms with E-state index in [1.165, 1.54) is 57.9 Å². The number of fused-ring (bicyclic) bond motifs is 5. The van der Waals surface area contributed by atoms with E-state index in [1.54, 1.807) is 5.57 Å². The Bertz CT molecular complexity index is 786. The van der Waals surface area contributed by atoms with Gasteiger partial charge >= 0.3 is 5.97 Å². The Morgan fingerprint density at radius 1 is 1.09 bits per heavy atom. The first kappa shape index (κ1) is 24.8. The number of hydrogen-bond acceptors (Lipinski definition) is 3. The normalized spacial score (nSPS) is 44.0. The van der Waals surface area contributed by atoms with Gasteiger partial charge in [0.2, 0.25) is 0 Å². The van der Waals surface area contributed by atoms with E-state index in [0.717, 1.165) is 61.9 Å². The average Bonchev–Trinajstić information content (AvgIpc) is 3.16. The predicted molar refractivity (Wildman–Crippen MR) is 136 cm³/mol. The number of aliphatic hydroxyl groups excluding tert-OH is 1. The van der Waals surface area contributed by atoms with Gasteiger partial charge in [-0.2, -0.15) is 0 Å². The van der Waals surface area contributed by atoms with E-state index >= 15 is 0 Å². The minimum absolute atomic E-state index is 0.108. The lowest BCUT2D eigenvalue weighted by Crippen LogP contribution is -2.51. The van der Waals surface area contributed by atoms with Gasteiger partial charge in [0, 0.05) is 13.0 Å². The third-order valence-electron chi connectivity index (χ3n) is 11.9. The summed E-state index contributed by atoms with van der Waals surface area (Å²) in [4.78, 5) is 13.6. The molecule has 4 aliphatic carbocycles. The SMILES string of the molecule is C[C@H](CN1CCC(CCC(=O)O)CC1)[C@H]1CC[C@H]2[C@@H]3CC=C4C[C@@H](O)CC[C@]4(C)[C@H]3CC[C@]12C. The molecule has 5 aliphatic rings. The zero-order valence-corrected chi connectivity index (χ0v) is 22.0. The zero-order chi connectivity index (χ0) is 24.1. The Balaban J connectivity index is 1.20. The number of hydrogen-bond donors (Lipinski definition) is 2. The fourth-order valence-electron chi connectivity index (χ4n) is 9.94. The molecule has 4 fully saturated rings. The molecule has 34 heavy (non-hydrogen) atoms. The quantitative estimate of drug-likeness (QED) is 0.457. The highest BCUT2D eigenvalue weighted by molar-refractivity contribution is 5.66. The van der Waals surface area contributed by atoms with Crippen molar-refractivity contribution in [3.63, 3.8) is 0 Å². The summed E-state index contributed by atoms with van der Waals surface area (Å²) in [6, 6.07) is 0. The van der Waals surface area contributed by atoms with Crippen LogP contribution in [-0.4, -0.2) is 46.8 Å². The number of nitrogens with zero attached hydrogens (tertiary/aromatic N) is 1. The molecule has 0 aromatic heterocycles. The molecule has 1 aliphatic heterocycles. The van der Waals surface area contributed by atoms with Crippen molar-refractivity contribution < 1.29 is 15.0 Å². The number of aliphatic carboxylic acids is 1. The van der Waals surface area contributed by atoms with Crippen LogP contribution in [0.3, 0.4) is 0 Å². The Labute approximate surface area is 207 Å². The summed E-state index contributed by atoms with van der Waals surface area (Å²) in [6.45, 7) is 11.3. The highest BCUT2D eigenvalue weighted by Crippen LogP contribution is 2.67. The highest BCUT2D eigenvalue weighted by atomic mass is 16.4. The van der Waals surface area contributed by atoms with E-state index in [9.17, 15) is 9.90 Å². The third-order valence-corrected chi connectivity index (χ3v) is 11.9. The molecule has 1 heterocycles. The number of carboxylic acid groups (broad SMARTS) is 1. The average molecular weight is 472 g/mol. The van der Waals surface area contributed by atoms with Gasteiger partial charge in [-0.05, 0) is 130 Å². The fraction of sp³-hybridized carbons (Fsp3) is 0.900. The summed E-state index contributed by atoms with van der Waals surface area (Å²) in [5.41, 5.74) is 2.43. The van der Waals surface area contributed by atoms with Crippen molar-refractivity contribution in [1.82, 2.24) is 4.90 Å². The summed E-state index contributed by atoms with van der Waals surface area (Å²) in [7, 11) is 0. The molecule has 4 nitrogen and oxygen atoms in total. The molecule has 0 unspecified atom stereocenters. The van der Waals surface area contributed by atoms with Gasteiger partial charge in [-0.25, -0.2) is 0 Å². The molecule has 4 heteroatoms.